The van der Waals surface area contributed by atoms with Crippen molar-refractivity contribution in [3.05, 3.63) is 0 Å². The van der Waals surface area contributed by atoms with Gasteiger partial charge in [-0.3, -0.25) is 4.79 Å². The number of nitrogens with one attached hydrogen (secondary N) is 1. The Labute approximate surface area is 129 Å². The van der Waals surface area contributed by atoms with Gasteiger partial charge in [0.05, 0.1) is 0 Å². The maximum atomic E-state index is 12.1. The SMILES string of the molecule is CCCNC1(C(N)=O)CCCC1CCN1CCC(C)CC1. The Morgan fingerprint density at radius 1 is 1.33 bits per heavy atom. The lowest BCUT2D eigenvalue weighted by Crippen LogP contribution is -2.58. The second kappa shape index (κ2) is 7.59. The first-order valence-electron chi connectivity index (χ1n) is 8.85. The van der Waals surface area contributed by atoms with Crippen LogP contribution < -0.4 is 11.1 Å². The van der Waals surface area contributed by atoms with E-state index in [2.05, 4.69) is 24.1 Å². The summed E-state index contributed by atoms with van der Waals surface area (Å²) in [4.78, 5) is 14.7. The molecule has 0 aromatic rings. The Balaban J connectivity index is 1.89. The summed E-state index contributed by atoms with van der Waals surface area (Å²) < 4.78 is 0. The van der Waals surface area contributed by atoms with Gasteiger partial charge < -0.3 is 16.0 Å². The molecule has 1 saturated heterocycles. The average Bonchev–Trinajstić information content (AvgIpc) is 2.89. The highest BCUT2D eigenvalue weighted by molar-refractivity contribution is 5.85. The number of nitrogens with zero attached hydrogens (tertiary/aromatic N) is 1. The molecule has 3 N–H and O–H groups in total. The molecule has 2 rings (SSSR count). The molecule has 4 heteroatoms. The first-order valence-corrected chi connectivity index (χ1v) is 8.85. The van der Waals surface area contributed by atoms with Crippen molar-refractivity contribution >= 4 is 5.91 Å². The first kappa shape index (κ1) is 16.8. The summed E-state index contributed by atoms with van der Waals surface area (Å²) in [5.74, 6) is 1.16. The molecule has 4 nitrogen and oxygen atoms in total. The number of primary amides is 1. The molecule has 1 aliphatic heterocycles. The van der Waals surface area contributed by atoms with E-state index in [0.29, 0.717) is 5.92 Å². The van der Waals surface area contributed by atoms with Crippen LogP contribution in [0.1, 0.15) is 58.8 Å². The minimum Gasteiger partial charge on any atom is -0.368 e. The maximum Gasteiger partial charge on any atom is 0.238 e. The Morgan fingerprint density at radius 2 is 2.05 bits per heavy atom. The largest absolute Gasteiger partial charge is 0.368 e. The fourth-order valence-electron chi connectivity index (χ4n) is 4.08. The molecule has 0 aromatic carbocycles. The number of hydrogen-bond acceptors (Lipinski definition) is 3. The lowest BCUT2D eigenvalue weighted by Gasteiger charge is -2.36. The van der Waals surface area contributed by atoms with Gasteiger partial charge in [0.2, 0.25) is 5.91 Å². The molecular weight excluding hydrogens is 262 g/mol. The van der Waals surface area contributed by atoms with Crippen molar-refractivity contribution in [3.63, 3.8) is 0 Å². The van der Waals surface area contributed by atoms with Gasteiger partial charge in [0.15, 0.2) is 0 Å². The first-order chi connectivity index (χ1) is 10.1. The van der Waals surface area contributed by atoms with Crippen molar-refractivity contribution in [1.29, 1.82) is 0 Å². The zero-order valence-electron chi connectivity index (χ0n) is 13.9. The van der Waals surface area contributed by atoms with Crippen LogP contribution in [0.3, 0.4) is 0 Å². The third kappa shape index (κ3) is 3.98. The van der Waals surface area contributed by atoms with Crippen molar-refractivity contribution in [2.75, 3.05) is 26.2 Å². The fourth-order valence-corrected chi connectivity index (χ4v) is 4.08. The van der Waals surface area contributed by atoms with Crippen molar-refractivity contribution in [2.24, 2.45) is 17.6 Å². The van der Waals surface area contributed by atoms with E-state index in [1.165, 1.54) is 25.9 Å². The topological polar surface area (TPSA) is 58.4 Å². The number of piperidine rings is 1. The normalized spacial score (nSPS) is 31.6. The van der Waals surface area contributed by atoms with Crippen LogP contribution in [-0.2, 0) is 4.79 Å². The number of hydrogen-bond donors (Lipinski definition) is 2. The number of rotatable bonds is 7. The van der Waals surface area contributed by atoms with Crippen LogP contribution in [0.25, 0.3) is 0 Å². The van der Waals surface area contributed by atoms with Crippen molar-refractivity contribution in [3.8, 4) is 0 Å². The van der Waals surface area contributed by atoms with Gasteiger partial charge in [-0.05, 0) is 76.5 Å². The van der Waals surface area contributed by atoms with Gasteiger partial charge >= 0.3 is 0 Å². The lowest BCUT2D eigenvalue weighted by atomic mass is 9.83. The second-order valence-corrected chi connectivity index (χ2v) is 7.16. The summed E-state index contributed by atoms with van der Waals surface area (Å²) in [5, 5.41) is 3.50. The summed E-state index contributed by atoms with van der Waals surface area (Å²) in [5.41, 5.74) is 5.34. The van der Waals surface area contributed by atoms with E-state index in [1.54, 1.807) is 0 Å². The van der Waals surface area contributed by atoms with Crippen molar-refractivity contribution < 1.29 is 4.79 Å². The summed E-state index contributed by atoms with van der Waals surface area (Å²) >= 11 is 0. The van der Waals surface area contributed by atoms with Crippen molar-refractivity contribution in [2.45, 2.75) is 64.3 Å². The number of likely N-dealkylation sites (tertiary alicyclic amines) is 1. The molecule has 0 bridgehead atoms. The summed E-state index contributed by atoms with van der Waals surface area (Å²) in [6.07, 6.45) is 7.98. The highest BCUT2D eigenvalue weighted by Gasteiger charge is 2.46. The van der Waals surface area contributed by atoms with Crippen LogP contribution in [0, 0.1) is 11.8 Å². The van der Waals surface area contributed by atoms with Crippen LogP contribution in [-0.4, -0.2) is 42.5 Å². The number of amides is 1. The van der Waals surface area contributed by atoms with E-state index >= 15 is 0 Å². The van der Waals surface area contributed by atoms with E-state index in [9.17, 15) is 4.79 Å². The van der Waals surface area contributed by atoms with Crippen LogP contribution >= 0.6 is 0 Å². The molecule has 21 heavy (non-hydrogen) atoms. The summed E-state index contributed by atoms with van der Waals surface area (Å²) in [6, 6.07) is 0. The number of carbonyl (C=O) groups excluding carboxylic acids is 1. The molecule has 122 valence electrons. The average molecular weight is 295 g/mol. The third-order valence-electron chi connectivity index (χ3n) is 5.62. The van der Waals surface area contributed by atoms with Crippen LogP contribution in [0.4, 0.5) is 0 Å². The predicted octanol–water partition coefficient (Wildman–Crippen LogP) is 2.13. The van der Waals surface area contributed by atoms with E-state index in [1.807, 2.05) is 0 Å². The molecule has 1 amide bonds. The Morgan fingerprint density at radius 3 is 2.67 bits per heavy atom. The van der Waals surface area contributed by atoms with Gasteiger partial charge in [-0.15, -0.1) is 0 Å². The molecule has 1 heterocycles. The van der Waals surface area contributed by atoms with E-state index in [0.717, 1.165) is 51.1 Å². The lowest BCUT2D eigenvalue weighted by molar-refractivity contribution is -0.126. The van der Waals surface area contributed by atoms with Crippen LogP contribution in [0.15, 0.2) is 0 Å². The highest BCUT2D eigenvalue weighted by atomic mass is 16.1. The van der Waals surface area contributed by atoms with Gasteiger partial charge in [0.25, 0.3) is 0 Å². The van der Waals surface area contributed by atoms with Gasteiger partial charge in [-0.25, -0.2) is 0 Å². The minimum absolute atomic E-state index is 0.134. The highest BCUT2D eigenvalue weighted by Crippen LogP contribution is 2.38. The fraction of sp³-hybridized carbons (Fsp3) is 0.941. The van der Waals surface area contributed by atoms with Crippen molar-refractivity contribution in [1.82, 2.24) is 10.2 Å². The number of carbonyl (C=O) groups is 1. The zero-order valence-corrected chi connectivity index (χ0v) is 13.9. The van der Waals surface area contributed by atoms with E-state index in [-0.39, 0.29) is 5.91 Å². The monoisotopic (exact) mass is 295 g/mol. The van der Waals surface area contributed by atoms with E-state index < -0.39 is 5.54 Å². The Bertz CT molecular complexity index is 339. The van der Waals surface area contributed by atoms with Gasteiger partial charge in [0.1, 0.15) is 5.54 Å². The molecule has 1 aliphatic carbocycles. The molecule has 2 aliphatic rings. The van der Waals surface area contributed by atoms with Crippen LogP contribution in [0.2, 0.25) is 0 Å². The Kier molecular flexibility index (Phi) is 6.06. The standard InChI is InChI=1S/C17H33N3O/c1-3-10-19-17(16(18)21)9-4-5-15(17)8-13-20-11-6-14(2)7-12-20/h14-15,19H,3-13H2,1-2H3,(H2,18,21). The molecule has 2 atom stereocenters. The summed E-state index contributed by atoms with van der Waals surface area (Å²) in [6.45, 7) is 8.95. The molecular formula is C17H33N3O. The minimum atomic E-state index is -0.431. The number of nitrogens with two attached hydrogens (primary N) is 1. The van der Waals surface area contributed by atoms with Gasteiger partial charge in [-0.1, -0.05) is 20.3 Å². The van der Waals surface area contributed by atoms with Gasteiger partial charge in [0, 0.05) is 0 Å². The Hall–Kier alpha value is -0.610. The quantitative estimate of drug-likeness (QED) is 0.756. The summed E-state index contributed by atoms with van der Waals surface area (Å²) in [7, 11) is 0. The zero-order chi connectivity index (χ0) is 15.3. The maximum absolute atomic E-state index is 12.1. The smallest absolute Gasteiger partial charge is 0.238 e. The third-order valence-corrected chi connectivity index (χ3v) is 5.62. The molecule has 0 radical (unpaired) electrons. The molecule has 2 unspecified atom stereocenters. The molecule has 0 aromatic heterocycles. The van der Waals surface area contributed by atoms with Gasteiger partial charge in [-0.2, -0.15) is 0 Å². The second-order valence-electron chi connectivity index (χ2n) is 7.16. The predicted molar refractivity (Wildman–Crippen MR) is 87.0 cm³/mol. The molecule has 1 saturated carbocycles. The van der Waals surface area contributed by atoms with Crippen LogP contribution in [0.5, 0.6) is 0 Å². The van der Waals surface area contributed by atoms with E-state index in [4.69, 9.17) is 5.73 Å². The molecule has 0 spiro atoms. The molecule has 2 fully saturated rings.